The van der Waals surface area contributed by atoms with Gasteiger partial charge in [0.25, 0.3) is 0 Å². The Balaban J connectivity index is 1.15. The SMILES string of the molecule is C[C@H](C1C=CC=C1P(c1ccccc1)c1ccccc1)n1cc[n+]([C@H](C)C2C=CC=C2P(c2ccccc2)c2ccccc2)c1. The smallest absolute Gasteiger partial charge is 0.233 e. The van der Waals surface area contributed by atoms with E-state index in [0.29, 0.717) is 23.9 Å². The van der Waals surface area contributed by atoms with Crippen LogP contribution in [0.4, 0.5) is 0 Å². The Labute approximate surface area is 270 Å². The molecule has 0 radical (unpaired) electrons. The lowest BCUT2D eigenvalue weighted by Gasteiger charge is -2.28. The van der Waals surface area contributed by atoms with E-state index < -0.39 is 15.8 Å². The summed E-state index contributed by atoms with van der Waals surface area (Å²) >= 11 is 0. The van der Waals surface area contributed by atoms with Crippen molar-refractivity contribution in [3.8, 4) is 0 Å². The third-order valence-corrected chi connectivity index (χ3v) is 14.3. The van der Waals surface area contributed by atoms with Gasteiger partial charge in [0.15, 0.2) is 0 Å². The first kappa shape index (κ1) is 29.6. The van der Waals surface area contributed by atoms with Crippen LogP contribution in [0.5, 0.6) is 0 Å². The highest BCUT2D eigenvalue weighted by atomic mass is 31.1. The van der Waals surface area contributed by atoms with Crippen LogP contribution in [0.2, 0.25) is 0 Å². The fraction of sp³-hybridized carbons (Fsp3) is 0.146. The van der Waals surface area contributed by atoms with Gasteiger partial charge in [-0.05, 0) is 61.5 Å². The molecule has 4 aromatic carbocycles. The van der Waals surface area contributed by atoms with Crippen LogP contribution >= 0.6 is 15.8 Å². The van der Waals surface area contributed by atoms with Crippen molar-refractivity contribution in [2.24, 2.45) is 11.8 Å². The lowest BCUT2D eigenvalue weighted by molar-refractivity contribution is -0.723. The predicted octanol–water partition coefficient (Wildman–Crippen LogP) is 8.30. The summed E-state index contributed by atoms with van der Waals surface area (Å²) in [6, 6.07) is 44.8. The molecule has 2 aliphatic carbocycles. The zero-order chi connectivity index (χ0) is 30.6. The summed E-state index contributed by atoms with van der Waals surface area (Å²) in [5, 5.41) is 8.66. The molecule has 0 amide bonds. The van der Waals surface area contributed by atoms with Crippen LogP contribution < -0.4 is 25.8 Å². The summed E-state index contributed by atoms with van der Waals surface area (Å²) < 4.78 is 4.85. The second-order valence-corrected chi connectivity index (χ2v) is 16.2. The van der Waals surface area contributed by atoms with Crippen LogP contribution in [0.15, 0.2) is 187 Å². The Morgan fingerprint density at radius 3 is 1.40 bits per heavy atom. The maximum absolute atomic E-state index is 2.42. The van der Waals surface area contributed by atoms with Gasteiger partial charge in [0.2, 0.25) is 6.33 Å². The lowest BCUT2D eigenvalue weighted by atomic mass is 10.0. The van der Waals surface area contributed by atoms with E-state index in [9.17, 15) is 0 Å². The molecule has 5 aromatic rings. The van der Waals surface area contributed by atoms with Crippen molar-refractivity contribution >= 4 is 37.1 Å². The summed E-state index contributed by atoms with van der Waals surface area (Å²) in [5.74, 6) is 0.664. The van der Waals surface area contributed by atoms with E-state index in [0.717, 1.165) is 0 Å². The predicted molar refractivity (Wildman–Crippen MR) is 194 cm³/mol. The van der Waals surface area contributed by atoms with Gasteiger partial charge < -0.3 is 0 Å². The number of hydrogen-bond donors (Lipinski definition) is 0. The van der Waals surface area contributed by atoms with E-state index in [-0.39, 0.29) is 0 Å². The number of aromatic nitrogens is 2. The number of allylic oxidation sites excluding steroid dienone is 8. The van der Waals surface area contributed by atoms with Gasteiger partial charge in [-0.25, -0.2) is 9.13 Å². The highest BCUT2D eigenvalue weighted by Crippen LogP contribution is 2.52. The summed E-state index contributed by atoms with van der Waals surface area (Å²) in [4.78, 5) is 0. The Bertz CT molecular complexity index is 1620. The van der Waals surface area contributed by atoms with E-state index in [1.165, 1.54) is 31.8 Å². The highest BCUT2D eigenvalue weighted by Gasteiger charge is 2.35. The number of rotatable bonds is 10. The van der Waals surface area contributed by atoms with Crippen molar-refractivity contribution in [2.45, 2.75) is 25.9 Å². The molecular weight excluding hydrogens is 582 g/mol. The largest absolute Gasteiger partial charge is 0.244 e. The average Bonchev–Trinajstić information content (AvgIpc) is 3.89. The van der Waals surface area contributed by atoms with E-state index in [4.69, 9.17) is 0 Å². The first-order valence-electron chi connectivity index (χ1n) is 15.8. The Morgan fingerprint density at radius 1 is 0.556 bits per heavy atom. The molecule has 0 N–H and O–H groups in total. The first-order valence-corrected chi connectivity index (χ1v) is 18.5. The first-order chi connectivity index (χ1) is 22.2. The van der Waals surface area contributed by atoms with Crippen molar-refractivity contribution < 1.29 is 4.57 Å². The van der Waals surface area contributed by atoms with Gasteiger partial charge >= 0.3 is 0 Å². The molecule has 2 unspecified atom stereocenters. The van der Waals surface area contributed by atoms with Crippen molar-refractivity contribution in [1.82, 2.24) is 4.57 Å². The Hall–Kier alpha value is -4.09. The molecule has 4 atom stereocenters. The van der Waals surface area contributed by atoms with Gasteiger partial charge in [-0.3, -0.25) is 0 Å². The molecule has 0 saturated carbocycles. The minimum Gasteiger partial charge on any atom is -0.233 e. The van der Waals surface area contributed by atoms with E-state index in [2.05, 4.69) is 199 Å². The van der Waals surface area contributed by atoms with Gasteiger partial charge in [-0.2, -0.15) is 0 Å². The second kappa shape index (κ2) is 13.5. The van der Waals surface area contributed by atoms with Crippen LogP contribution in [0.25, 0.3) is 0 Å². The average molecular weight is 622 g/mol. The van der Waals surface area contributed by atoms with Crippen molar-refractivity contribution in [3.05, 3.63) is 187 Å². The van der Waals surface area contributed by atoms with Gasteiger partial charge in [-0.15, -0.1) is 0 Å². The van der Waals surface area contributed by atoms with Crippen LogP contribution in [0, 0.1) is 11.8 Å². The van der Waals surface area contributed by atoms with Gasteiger partial charge in [0.1, 0.15) is 24.5 Å². The molecule has 45 heavy (non-hydrogen) atoms. The summed E-state index contributed by atoms with van der Waals surface area (Å²) in [7, 11) is -1.24. The molecule has 0 spiro atoms. The molecule has 2 nitrogen and oxygen atoms in total. The van der Waals surface area contributed by atoms with Gasteiger partial charge in [0, 0.05) is 11.8 Å². The molecule has 4 heteroatoms. The number of nitrogens with zero attached hydrogens (tertiary/aromatic N) is 2. The monoisotopic (exact) mass is 621 g/mol. The third-order valence-electron chi connectivity index (χ3n) is 9.09. The fourth-order valence-corrected chi connectivity index (χ4v) is 12.0. The molecule has 0 bridgehead atoms. The summed E-state index contributed by atoms with van der Waals surface area (Å²) in [6.45, 7) is 4.75. The highest BCUT2D eigenvalue weighted by molar-refractivity contribution is 7.77. The normalized spacial score (nSPS) is 18.8. The number of imidazole rings is 1. The Morgan fingerprint density at radius 2 is 0.956 bits per heavy atom. The molecule has 0 aliphatic heterocycles. The second-order valence-electron chi connectivity index (χ2n) is 11.8. The van der Waals surface area contributed by atoms with Gasteiger partial charge in [0.05, 0.1) is 0 Å². The minimum atomic E-state index is -0.621. The van der Waals surface area contributed by atoms with Crippen LogP contribution in [-0.2, 0) is 0 Å². The molecule has 1 heterocycles. The maximum Gasteiger partial charge on any atom is 0.244 e. The van der Waals surface area contributed by atoms with Crippen LogP contribution in [0.1, 0.15) is 25.9 Å². The van der Waals surface area contributed by atoms with Crippen molar-refractivity contribution in [1.29, 1.82) is 0 Å². The quantitative estimate of drug-likeness (QED) is 0.110. The van der Waals surface area contributed by atoms with Crippen molar-refractivity contribution in [2.75, 3.05) is 0 Å². The lowest BCUT2D eigenvalue weighted by Crippen LogP contribution is -2.40. The number of benzene rings is 4. The zero-order valence-corrected chi connectivity index (χ0v) is 27.6. The van der Waals surface area contributed by atoms with Crippen molar-refractivity contribution in [3.63, 3.8) is 0 Å². The van der Waals surface area contributed by atoms with E-state index >= 15 is 0 Å². The van der Waals surface area contributed by atoms with Gasteiger partial charge in [-0.1, -0.05) is 158 Å². The van der Waals surface area contributed by atoms with E-state index in [1.54, 1.807) is 0 Å². The molecule has 222 valence electrons. The van der Waals surface area contributed by atoms with Crippen LogP contribution in [-0.4, -0.2) is 4.57 Å². The number of hydrogen-bond acceptors (Lipinski definition) is 0. The fourth-order valence-electron chi connectivity index (χ4n) is 6.67. The molecule has 0 fully saturated rings. The maximum atomic E-state index is 2.42. The summed E-state index contributed by atoms with van der Waals surface area (Å²) in [5.41, 5.74) is 0. The topological polar surface area (TPSA) is 8.81 Å². The zero-order valence-electron chi connectivity index (χ0n) is 25.8. The molecular formula is C41H39N2P2+. The van der Waals surface area contributed by atoms with E-state index in [1.807, 2.05) is 0 Å². The summed E-state index contributed by atoms with van der Waals surface area (Å²) in [6.07, 6.45) is 21.0. The van der Waals surface area contributed by atoms with Crippen LogP contribution in [0.3, 0.4) is 0 Å². The minimum absolute atomic E-state index is 0.292. The molecule has 1 aromatic heterocycles. The standard InChI is InChI=1S/C41H39N2P2/c1-32(38-25-15-27-40(38)44(34-17-7-3-8-18-34)35-19-9-4-10-20-35)42-29-30-43(31-42)33(2)39-26-16-28-41(39)45(36-21-11-5-12-22-36)37-23-13-6-14-24-37/h3-33,38-39H,1-2H3/q+1/t32-,33-,38?,39?/m1/s1. The molecule has 2 aliphatic rings. The molecule has 7 rings (SSSR count). The Kier molecular flexibility index (Phi) is 8.88. The third kappa shape index (κ3) is 6.11. The molecule has 0 saturated heterocycles.